The van der Waals surface area contributed by atoms with Gasteiger partial charge in [-0.3, -0.25) is 0 Å². The van der Waals surface area contributed by atoms with Crippen LogP contribution < -0.4 is 0 Å². The summed E-state index contributed by atoms with van der Waals surface area (Å²) in [5.41, 5.74) is 0.865. The molecule has 0 spiro atoms. The molecule has 0 radical (unpaired) electrons. The molecule has 1 N–H and O–H groups in total. The number of carboxylic acid groups (broad SMARTS) is 1. The highest BCUT2D eigenvalue weighted by molar-refractivity contribution is 7.20. The molecule has 17 heavy (non-hydrogen) atoms. The Balaban J connectivity index is 2.29. The van der Waals surface area contributed by atoms with E-state index in [2.05, 4.69) is 4.98 Å². The van der Waals surface area contributed by atoms with E-state index in [1.54, 1.807) is 24.6 Å². The smallest absolute Gasteiger partial charge is 0.345 e. The van der Waals surface area contributed by atoms with Crippen molar-refractivity contribution in [2.24, 2.45) is 0 Å². The zero-order chi connectivity index (χ0) is 11.8. The van der Waals surface area contributed by atoms with Crippen molar-refractivity contribution in [1.82, 2.24) is 4.98 Å². The molecular formula is C12H7NO3S. The molecule has 0 unspecified atom stereocenters. The van der Waals surface area contributed by atoms with Gasteiger partial charge in [0.15, 0.2) is 0 Å². The van der Waals surface area contributed by atoms with E-state index in [-0.39, 0.29) is 4.88 Å². The number of furan rings is 1. The fraction of sp³-hybridized carbons (Fsp3) is 0. The van der Waals surface area contributed by atoms with E-state index in [0.29, 0.717) is 10.6 Å². The van der Waals surface area contributed by atoms with E-state index in [1.807, 2.05) is 12.1 Å². The second-order valence-corrected chi connectivity index (χ2v) is 4.50. The van der Waals surface area contributed by atoms with Gasteiger partial charge in [0.1, 0.15) is 15.5 Å². The summed E-state index contributed by atoms with van der Waals surface area (Å²) in [4.78, 5) is 16.1. The van der Waals surface area contributed by atoms with Crippen LogP contribution in [0.15, 0.2) is 41.1 Å². The van der Waals surface area contributed by atoms with E-state index in [0.717, 1.165) is 22.3 Å². The summed E-state index contributed by atoms with van der Waals surface area (Å²) in [6.07, 6.45) is 3.24. The molecule has 3 aromatic heterocycles. The minimum atomic E-state index is -0.932. The Bertz CT molecular complexity index is 685. The highest BCUT2D eigenvalue weighted by Gasteiger charge is 2.13. The van der Waals surface area contributed by atoms with Crippen LogP contribution in [0.3, 0.4) is 0 Å². The molecule has 3 rings (SSSR count). The van der Waals surface area contributed by atoms with Crippen LogP contribution in [0, 0.1) is 0 Å². The van der Waals surface area contributed by atoms with Gasteiger partial charge < -0.3 is 9.52 Å². The number of hydrogen-bond donors (Lipinski definition) is 1. The summed E-state index contributed by atoms with van der Waals surface area (Å²) < 4.78 is 5.33. The average Bonchev–Trinajstić information content (AvgIpc) is 2.97. The Labute approximate surface area is 100 Å². The number of thiophene rings is 1. The fourth-order valence-electron chi connectivity index (χ4n) is 1.69. The Kier molecular flexibility index (Phi) is 2.19. The Hall–Kier alpha value is -2.14. The van der Waals surface area contributed by atoms with Crippen molar-refractivity contribution in [3.63, 3.8) is 0 Å². The van der Waals surface area contributed by atoms with Crippen molar-refractivity contribution in [3.8, 4) is 11.3 Å². The summed E-state index contributed by atoms with van der Waals surface area (Å²) in [7, 11) is 0. The summed E-state index contributed by atoms with van der Waals surface area (Å²) >= 11 is 1.16. The number of carboxylic acids is 1. The molecule has 0 saturated carbocycles. The first-order valence-electron chi connectivity index (χ1n) is 4.91. The lowest BCUT2D eigenvalue weighted by Gasteiger charge is -1.97. The van der Waals surface area contributed by atoms with Crippen molar-refractivity contribution >= 4 is 27.5 Å². The number of nitrogens with zero attached hydrogens (tertiary/aromatic N) is 1. The van der Waals surface area contributed by atoms with Crippen molar-refractivity contribution in [2.45, 2.75) is 0 Å². The largest absolute Gasteiger partial charge is 0.477 e. The summed E-state index contributed by atoms with van der Waals surface area (Å²) in [5.74, 6) is -0.217. The topological polar surface area (TPSA) is 63.3 Å². The normalized spacial score (nSPS) is 10.8. The second kappa shape index (κ2) is 3.71. The quantitative estimate of drug-likeness (QED) is 0.752. The van der Waals surface area contributed by atoms with Gasteiger partial charge in [-0.15, -0.1) is 11.3 Å². The lowest BCUT2D eigenvalue weighted by Crippen LogP contribution is -1.89. The minimum absolute atomic E-state index is 0.284. The van der Waals surface area contributed by atoms with E-state index < -0.39 is 5.97 Å². The van der Waals surface area contributed by atoms with E-state index in [1.165, 1.54) is 0 Å². The molecule has 0 fully saturated rings. The maximum absolute atomic E-state index is 10.9. The van der Waals surface area contributed by atoms with Crippen LogP contribution in [0.5, 0.6) is 0 Å². The molecule has 0 aliphatic heterocycles. The third kappa shape index (κ3) is 1.60. The molecule has 4 nitrogen and oxygen atoms in total. The predicted octanol–water partition coefficient (Wildman–Crippen LogP) is 3.25. The minimum Gasteiger partial charge on any atom is -0.477 e. The van der Waals surface area contributed by atoms with Crippen LogP contribution >= 0.6 is 11.3 Å². The molecule has 0 aliphatic carbocycles. The second-order valence-electron chi connectivity index (χ2n) is 3.47. The molecule has 0 aromatic carbocycles. The van der Waals surface area contributed by atoms with Gasteiger partial charge in [0, 0.05) is 17.1 Å². The number of aromatic carboxylic acids is 1. The highest BCUT2D eigenvalue weighted by Crippen LogP contribution is 2.32. The number of aromatic nitrogens is 1. The maximum Gasteiger partial charge on any atom is 0.345 e. The standard InChI is InChI=1S/C12H7NO3S/c14-12(15)10-6-8-7(9-2-1-5-16-9)3-4-13-11(8)17-10/h1-6H,(H,14,15). The lowest BCUT2D eigenvalue weighted by atomic mass is 10.1. The third-order valence-corrected chi connectivity index (χ3v) is 3.46. The lowest BCUT2D eigenvalue weighted by molar-refractivity contribution is 0.0702. The predicted molar refractivity (Wildman–Crippen MR) is 64.3 cm³/mol. The van der Waals surface area contributed by atoms with E-state index >= 15 is 0 Å². The van der Waals surface area contributed by atoms with Crippen LogP contribution in [-0.2, 0) is 0 Å². The maximum atomic E-state index is 10.9. The van der Waals surface area contributed by atoms with Crippen molar-refractivity contribution in [1.29, 1.82) is 0 Å². The van der Waals surface area contributed by atoms with Crippen LogP contribution in [0.4, 0.5) is 0 Å². The SMILES string of the molecule is O=C(O)c1cc2c(-c3ccco3)ccnc2s1. The molecule has 0 saturated heterocycles. The van der Waals surface area contributed by atoms with E-state index in [9.17, 15) is 4.79 Å². The Morgan fingerprint density at radius 1 is 1.41 bits per heavy atom. The van der Waals surface area contributed by atoms with Crippen LogP contribution in [0.1, 0.15) is 9.67 Å². The third-order valence-electron chi connectivity index (χ3n) is 2.43. The highest BCUT2D eigenvalue weighted by atomic mass is 32.1. The molecule has 84 valence electrons. The first-order valence-corrected chi connectivity index (χ1v) is 5.73. The van der Waals surface area contributed by atoms with Gasteiger partial charge >= 0.3 is 5.97 Å². The van der Waals surface area contributed by atoms with Crippen molar-refractivity contribution < 1.29 is 14.3 Å². The van der Waals surface area contributed by atoms with Crippen molar-refractivity contribution in [3.05, 3.63) is 41.6 Å². The van der Waals surface area contributed by atoms with Gasteiger partial charge in [-0.25, -0.2) is 9.78 Å². The summed E-state index contributed by atoms with van der Waals surface area (Å²) in [5, 5.41) is 9.78. The molecule has 3 heterocycles. The van der Waals surface area contributed by atoms with Crippen LogP contribution in [0.25, 0.3) is 21.5 Å². The molecule has 0 bridgehead atoms. The van der Waals surface area contributed by atoms with Crippen LogP contribution in [-0.4, -0.2) is 16.1 Å². The summed E-state index contributed by atoms with van der Waals surface area (Å²) in [6.45, 7) is 0. The average molecular weight is 245 g/mol. The first-order chi connectivity index (χ1) is 8.25. The van der Waals surface area contributed by atoms with E-state index in [4.69, 9.17) is 9.52 Å². The fourth-order valence-corrected chi connectivity index (χ4v) is 2.56. The number of rotatable bonds is 2. The zero-order valence-electron chi connectivity index (χ0n) is 8.58. The molecule has 0 aliphatic rings. The number of carbonyl (C=O) groups is 1. The molecule has 5 heteroatoms. The van der Waals surface area contributed by atoms with Crippen molar-refractivity contribution in [2.75, 3.05) is 0 Å². The van der Waals surface area contributed by atoms with Gasteiger partial charge in [0.2, 0.25) is 0 Å². The number of hydrogen-bond acceptors (Lipinski definition) is 4. The van der Waals surface area contributed by atoms with Gasteiger partial charge in [0.05, 0.1) is 6.26 Å². The Morgan fingerprint density at radius 2 is 2.29 bits per heavy atom. The van der Waals surface area contributed by atoms with Gasteiger partial charge in [0.25, 0.3) is 0 Å². The monoisotopic (exact) mass is 245 g/mol. The van der Waals surface area contributed by atoms with Crippen LogP contribution in [0.2, 0.25) is 0 Å². The molecule has 0 atom stereocenters. The summed E-state index contributed by atoms with van der Waals surface area (Å²) in [6, 6.07) is 7.09. The van der Waals surface area contributed by atoms with Gasteiger partial charge in [-0.05, 0) is 24.3 Å². The Morgan fingerprint density at radius 3 is 3.00 bits per heavy atom. The zero-order valence-corrected chi connectivity index (χ0v) is 9.40. The van der Waals surface area contributed by atoms with Gasteiger partial charge in [-0.2, -0.15) is 0 Å². The number of fused-ring (bicyclic) bond motifs is 1. The molecule has 0 amide bonds. The molecule has 3 aromatic rings. The first kappa shape index (κ1) is 10.0. The number of pyridine rings is 1. The van der Waals surface area contributed by atoms with Gasteiger partial charge in [-0.1, -0.05) is 0 Å². The molecular weight excluding hydrogens is 238 g/mol.